The number of para-hydroxylation sites is 1. The van der Waals surface area contributed by atoms with E-state index in [1.165, 1.54) is 5.56 Å². The number of Topliss-reactive ketones (excluding diaryl/α,β-unsaturated/α-hetero) is 1. The second-order valence-electron chi connectivity index (χ2n) is 6.50. The van der Waals surface area contributed by atoms with Crippen molar-refractivity contribution in [1.29, 1.82) is 0 Å². The van der Waals surface area contributed by atoms with Crippen LogP contribution in [0.3, 0.4) is 0 Å². The number of ketones is 1. The molecule has 1 atom stereocenters. The molecule has 0 bridgehead atoms. The minimum absolute atomic E-state index is 0.0614. The Morgan fingerprint density at radius 1 is 1.40 bits per heavy atom. The summed E-state index contributed by atoms with van der Waals surface area (Å²) in [6, 6.07) is 6.09. The highest BCUT2D eigenvalue weighted by atomic mass is 16.5. The second kappa shape index (κ2) is 6.44. The van der Waals surface area contributed by atoms with Crippen LogP contribution in [0.4, 0.5) is 0 Å². The minimum Gasteiger partial charge on any atom is -0.381 e. The Kier molecular flexibility index (Phi) is 4.13. The molecule has 2 aromatic heterocycles. The van der Waals surface area contributed by atoms with Crippen LogP contribution in [0.5, 0.6) is 0 Å². The fourth-order valence-electron chi connectivity index (χ4n) is 3.51. The molecule has 0 N–H and O–H groups in total. The second-order valence-corrected chi connectivity index (χ2v) is 6.50. The Balaban J connectivity index is 1.72. The van der Waals surface area contributed by atoms with E-state index >= 15 is 0 Å². The number of carbonyl (C=O) groups excluding carboxylic acids is 1. The zero-order valence-electron chi connectivity index (χ0n) is 14.5. The van der Waals surface area contributed by atoms with Gasteiger partial charge < -0.3 is 13.8 Å². The molecule has 130 valence electrons. The van der Waals surface area contributed by atoms with Crippen molar-refractivity contribution >= 4 is 16.7 Å². The number of carbonyl (C=O) groups is 1. The van der Waals surface area contributed by atoms with E-state index in [0.29, 0.717) is 24.9 Å². The zero-order valence-corrected chi connectivity index (χ0v) is 14.5. The summed E-state index contributed by atoms with van der Waals surface area (Å²) in [6.45, 7) is 5.58. The summed E-state index contributed by atoms with van der Waals surface area (Å²) in [5.41, 5.74) is 3.00. The van der Waals surface area contributed by atoms with Gasteiger partial charge in [-0.25, -0.2) is 0 Å². The first kappa shape index (κ1) is 16.0. The van der Waals surface area contributed by atoms with Gasteiger partial charge in [-0.1, -0.05) is 30.3 Å². The van der Waals surface area contributed by atoms with Crippen molar-refractivity contribution in [2.24, 2.45) is 0 Å². The zero-order chi connectivity index (χ0) is 17.4. The average molecular weight is 339 g/mol. The smallest absolute Gasteiger partial charge is 0.246 e. The first-order valence-electron chi connectivity index (χ1n) is 8.69. The van der Waals surface area contributed by atoms with Gasteiger partial charge in [-0.15, -0.1) is 0 Å². The molecular formula is C19H21N3O3. The molecule has 0 radical (unpaired) electrons. The SMILES string of the molecule is CCc1cccc2c(C(C)=O)cn(Cc3nc(C4CCOC4)no3)c12. The van der Waals surface area contributed by atoms with Gasteiger partial charge >= 0.3 is 0 Å². The molecule has 4 rings (SSSR count). The lowest BCUT2D eigenvalue weighted by Gasteiger charge is -2.06. The molecular weight excluding hydrogens is 318 g/mol. The fourth-order valence-corrected chi connectivity index (χ4v) is 3.51. The third-order valence-corrected chi connectivity index (χ3v) is 4.83. The van der Waals surface area contributed by atoms with E-state index in [9.17, 15) is 4.79 Å². The molecule has 1 aliphatic heterocycles. The maximum atomic E-state index is 12.0. The van der Waals surface area contributed by atoms with Crippen LogP contribution < -0.4 is 0 Å². The Bertz CT molecular complexity index is 919. The summed E-state index contributed by atoms with van der Waals surface area (Å²) in [5.74, 6) is 1.55. The number of hydrogen-bond donors (Lipinski definition) is 0. The molecule has 3 aromatic rings. The number of nitrogens with zero attached hydrogens (tertiary/aromatic N) is 3. The molecule has 1 fully saturated rings. The summed E-state index contributed by atoms with van der Waals surface area (Å²) in [4.78, 5) is 16.6. The molecule has 1 aliphatic rings. The molecule has 6 heteroatoms. The van der Waals surface area contributed by atoms with Crippen molar-refractivity contribution in [3.8, 4) is 0 Å². The van der Waals surface area contributed by atoms with Gasteiger partial charge in [0.1, 0.15) is 6.54 Å². The van der Waals surface area contributed by atoms with Gasteiger partial charge in [0.15, 0.2) is 11.6 Å². The van der Waals surface area contributed by atoms with Crippen LogP contribution in [0.1, 0.15) is 53.8 Å². The van der Waals surface area contributed by atoms with E-state index < -0.39 is 0 Å². The van der Waals surface area contributed by atoms with E-state index in [4.69, 9.17) is 9.26 Å². The summed E-state index contributed by atoms with van der Waals surface area (Å²) in [5, 5.41) is 5.09. The predicted molar refractivity (Wildman–Crippen MR) is 92.9 cm³/mol. The van der Waals surface area contributed by atoms with Crippen LogP contribution in [0.2, 0.25) is 0 Å². The number of aryl methyl sites for hydroxylation is 1. The first-order chi connectivity index (χ1) is 12.2. The predicted octanol–water partition coefficient (Wildman–Crippen LogP) is 3.34. The fraction of sp³-hybridized carbons (Fsp3) is 0.421. The van der Waals surface area contributed by atoms with Crippen LogP contribution in [0.25, 0.3) is 10.9 Å². The molecule has 25 heavy (non-hydrogen) atoms. The van der Waals surface area contributed by atoms with Gasteiger partial charge in [-0.05, 0) is 25.3 Å². The molecule has 1 unspecified atom stereocenters. The largest absolute Gasteiger partial charge is 0.381 e. The molecule has 0 aliphatic carbocycles. The third-order valence-electron chi connectivity index (χ3n) is 4.83. The van der Waals surface area contributed by atoms with Gasteiger partial charge in [0.25, 0.3) is 0 Å². The molecule has 1 aromatic carbocycles. The van der Waals surface area contributed by atoms with Crippen molar-refractivity contribution in [3.05, 3.63) is 47.2 Å². The Morgan fingerprint density at radius 3 is 3.00 bits per heavy atom. The summed E-state index contributed by atoms with van der Waals surface area (Å²) in [6.07, 6.45) is 3.72. The van der Waals surface area contributed by atoms with E-state index in [1.807, 2.05) is 22.9 Å². The van der Waals surface area contributed by atoms with Crippen LogP contribution in [0, 0.1) is 0 Å². The maximum Gasteiger partial charge on any atom is 0.246 e. The van der Waals surface area contributed by atoms with Crippen LogP contribution >= 0.6 is 0 Å². The normalized spacial score (nSPS) is 17.4. The lowest BCUT2D eigenvalue weighted by Crippen LogP contribution is -2.03. The summed E-state index contributed by atoms with van der Waals surface area (Å²) < 4.78 is 12.9. The van der Waals surface area contributed by atoms with Gasteiger partial charge in [-0.3, -0.25) is 4.79 Å². The van der Waals surface area contributed by atoms with E-state index in [-0.39, 0.29) is 11.7 Å². The maximum absolute atomic E-state index is 12.0. The highest BCUT2D eigenvalue weighted by molar-refractivity contribution is 6.07. The van der Waals surface area contributed by atoms with Gasteiger partial charge in [0, 0.05) is 29.7 Å². The van der Waals surface area contributed by atoms with Crippen molar-refractivity contribution < 1.29 is 14.1 Å². The minimum atomic E-state index is 0.0614. The summed E-state index contributed by atoms with van der Waals surface area (Å²) >= 11 is 0. The lowest BCUT2D eigenvalue weighted by atomic mass is 10.1. The van der Waals surface area contributed by atoms with E-state index in [1.54, 1.807) is 6.92 Å². The number of rotatable bonds is 5. The third kappa shape index (κ3) is 2.87. The lowest BCUT2D eigenvalue weighted by molar-refractivity contribution is 0.101. The van der Waals surface area contributed by atoms with Gasteiger partial charge in [0.05, 0.1) is 12.1 Å². The molecule has 0 amide bonds. The Morgan fingerprint density at radius 2 is 2.28 bits per heavy atom. The number of fused-ring (bicyclic) bond motifs is 1. The van der Waals surface area contributed by atoms with Crippen molar-refractivity contribution in [2.45, 2.75) is 39.2 Å². The molecule has 0 saturated carbocycles. The van der Waals surface area contributed by atoms with Gasteiger partial charge in [-0.2, -0.15) is 4.98 Å². The Hall–Kier alpha value is -2.47. The topological polar surface area (TPSA) is 70.2 Å². The van der Waals surface area contributed by atoms with Crippen LogP contribution in [-0.4, -0.2) is 33.7 Å². The van der Waals surface area contributed by atoms with Crippen LogP contribution in [-0.2, 0) is 17.7 Å². The van der Waals surface area contributed by atoms with Crippen LogP contribution in [0.15, 0.2) is 28.9 Å². The molecule has 6 nitrogen and oxygen atoms in total. The van der Waals surface area contributed by atoms with Crippen molar-refractivity contribution in [3.63, 3.8) is 0 Å². The van der Waals surface area contributed by atoms with Crippen molar-refractivity contribution in [2.75, 3.05) is 13.2 Å². The Labute approximate surface area is 145 Å². The summed E-state index contributed by atoms with van der Waals surface area (Å²) in [7, 11) is 0. The first-order valence-corrected chi connectivity index (χ1v) is 8.69. The van der Waals surface area contributed by atoms with E-state index in [0.717, 1.165) is 35.9 Å². The molecule has 1 saturated heterocycles. The number of ether oxygens (including phenoxy) is 1. The van der Waals surface area contributed by atoms with E-state index in [2.05, 4.69) is 23.1 Å². The van der Waals surface area contributed by atoms with Gasteiger partial charge in [0.2, 0.25) is 5.89 Å². The van der Waals surface area contributed by atoms with Crippen molar-refractivity contribution in [1.82, 2.24) is 14.7 Å². The highest BCUT2D eigenvalue weighted by Crippen LogP contribution is 2.27. The number of hydrogen-bond acceptors (Lipinski definition) is 5. The average Bonchev–Trinajstić information content (AvgIpc) is 3.34. The molecule has 0 spiro atoms. The standard InChI is InChI=1S/C19H21N3O3/c1-3-13-5-4-6-15-16(12(2)23)9-22(18(13)15)10-17-20-19(21-25-17)14-7-8-24-11-14/h4-6,9,14H,3,7-8,10-11H2,1-2H3. The molecule has 3 heterocycles. The number of aromatic nitrogens is 3. The monoisotopic (exact) mass is 339 g/mol. The highest BCUT2D eigenvalue weighted by Gasteiger charge is 2.23. The quantitative estimate of drug-likeness (QED) is 0.667. The number of benzene rings is 1.